The standard InChI is InChI=1S/C31H30N2O4S/c34-24-12-10-21(11-13-24)27(35)18-33-16-14-22(15-17-33)28(19-33)37-31(36)30(32-23-6-2-1-3-7-23)26-20-38-29-9-5-4-8-25(26)29/h1-13,20,22,28,30,32H,14-19H2/p+1/t22?,28-,30?,33?/m0/s1. The number of aromatic hydroxyl groups is 1. The number of esters is 1. The summed E-state index contributed by atoms with van der Waals surface area (Å²) in [6.45, 7) is 2.88. The molecule has 0 amide bonds. The molecule has 2 atom stereocenters. The lowest BCUT2D eigenvalue weighted by Crippen LogP contribution is -2.65. The molecule has 6 nitrogen and oxygen atoms in total. The Hall–Kier alpha value is -3.68. The molecule has 194 valence electrons. The number of phenols is 1. The van der Waals surface area contributed by atoms with Gasteiger partial charge in [0.1, 0.15) is 18.8 Å². The molecule has 3 saturated heterocycles. The smallest absolute Gasteiger partial charge is 0.333 e. The maximum atomic E-state index is 13.8. The lowest BCUT2D eigenvalue weighted by molar-refractivity contribution is -0.938. The predicted molar refractivity (Wildman–Crippen MR) is 149 cm³/mol. The SMILES string of the molecule is O=C(C[N+]12CCC(CC1)[C@@H](OC(=O)C(Nc1ccccc1)c1csc3ccccc13)C2)c1ccc(O)cc1. The Balaban J connectivity index is 1.22. The van der Waals surface area contributed by atoms with Gasteiger partial charge in [0.05, 0.1) is 13.1 Å². The Bertz CT molecular complexity index is 1440. The van der Waals surface area contributed by atoms with E-state index in [2.05, 4.69) is 17.4 Å². The molecule has 3 aliphatic rings. The Labute approximate surface area is 226 Å². The van der Waals surface area contributed by atoms with Gasteiger partial charge >= 0.3 is 5.97 Å². The maximum Gasteiger partial charge on any atom is 0.333 e. The van der Waals surface area contributed by atoms with Gasteiger partial charge in [-0.15, -0.1) is 11.3 Å². The zero-order chi connectivity index (χ0) is 26.1. The van der Waals surface area contributed by atoms with Crippen molar-refractivity contribution in [1.29, 1.82) is 0 Å². The number of phenolic OH excluding ortho intramolecular Hbond substituents is 1. The lowest BCUT2D eigenvalue weighted by atomic mass is 9.82. The highest BCUT2D eigenvalue weighted by Gasteiger charge is 2.49. The first-order chi connectivity index (χ1) is 18.5. The summed E-state index contributed by atoms with van der Waals surface area (Å²) in [7, 11) is 0. The zero-order valence-electron chi connectivity index (χ0n) is 21.1. The molecule has 3 aliphatic heterocycles. The van der Waals surface area contributed by atoms with E-state index >= 15 is 0 Å². The van der Waals surface area contributed by atoms with Crippen molar-refractivity contribution in [3.05, 3.63) is 95.4 Å². The molecule has 0 aliphatic carbocycles. The number of fused-ring (bicyclic) bond motifs is 4. The van der Waals surface area contributed by atoms with Crippen molar-refractivity contribution in [2.75, 3.05) is 31.5 Å². The van der Waals surface area contributed by atoms with Gasteiger partial charge < -0.3 is 19.6 Å². The molecule has 38 heavy (non-hydrogen) atoms. The Morgan fingerprint density at radius 2 is 1.68 bits per heavy atom. The van der Waals surface area contributed by atoms with Crippen LogP contribution < -0.4 is 5.32 Å². The number of benzene rings is 3. The molecule has 4 heterocycles. The van der Waals surface area contributed by atoms with Crippen LogP contribution in [0.2, 0.25) is 0 Å². The molecule has 0 saturated carbocycles. The number of nitrogens with one attached hydrogen (secondary N) is 1. The van der Waals surface area contributed by atoms with Crippen LogP contribution in [0, 0.1) is 5.92 Å². The summed E-state index contributed by atoms with van der Waals surface area (Å²) in [6, 6.07) is 23.7. The monoisotopic (exact) mass is 527 g/mol. The molecule has 4 aromatic rings. The van der Waals surface area contributed by atoms with E-state index in [1.165, 1.54) is 0 Å². The minimum absolute atomic E-state index is 0.0591. The van der Waals surface area contributed by atoms with Crippen molar-refractivity contribution in [3.63, 3.8) is 0 Å². The van der Waals surface area contributed by atoms with Crippen molar-refractivity contribution in [1.82, 2.24) is 0 Å². The van der Waals surface area contributed by atoms with Gasteiger partial charge in [-0.1, -0.05) is 36.4 Å². The highest BCUT2D eigenvalue weighted by Crippen LogP contribution is 2.38. The van der Waals surface area contributed by atoms with Crippen LogP contribution in [-0.2, 0) is 9.53 Å². The van der Waals surface area contributed by atoms with Crippen molar-refractivity contribution in [2.24, 2.45) is 5.92 Å². The van der Waals surface area contributed by atoms with E-state index < -0.39 is 6.04 Å². The molecule has 7 rings (SSSR count). The number of Topliss-reactive ketones (excluding diaryl/α,β-unsaturated/α-hetero) is 1. The van der Waals surface area contributed by atoms with Gasteiger partial charge in [-0.25, -0.2) is 4.79 Å². The van der Waals surface area contributed by atoms with E-state index in [-0.39, 0.29) is 23.6 Å². The van der Waals surface area contributed by atoms with Gasteiger partial charge in [0.25, 0.3) is 0 Å². The van der Waals surface area contributed by atoms with Gasteiger partial charge in [-0.2, -0.15) is 0 Å². The highest BCUT2D eigenvalue weighted by molar-refractivity contribution is 7.17. The molecule has 3 aromatic carbocycles. The Morgan fingerprint density at radius 1 is 0.974 bits per heavy atom. The third kappa shape index (κ3) is 4.91. The maximum absolute atomic E-state index is 13.8. The summed E-state index contributed by atoms with van der Waals surface area (Å²) in [5.41, 5.74) is 2.39. The zero-order valence-corrected chi connectivity index (χ0v) is 21.9. The van der Waals surface area contributed by atoms with Crippen LogP contribution in [0.3, 0.4) is 0 Å². The van der Waals surface area contributed by atoms with Crippen LogP contribution in [0.15, 0.2) is 84.2 Å². The average molecular weight is 528 g/mol. The largest absolute Gasteiger partial charge is 0.508 e. The number of carbonyl (C=O) groups is 2. The van der Waals surface area contributed by atoms with E-state index in [1.54, 1.807) is 35.6 Å². The van der Waals surface area contributed by atoms with Crippen molar-refractivity contribution < 1.29 is 23.9 Å². The van der Waals surface area contributed by atoms with Crippen LogP contribution in [0.1, 0.15) is 34.8 Å². The first-order valence-electron chi connectivity index (χ1n) is 13.2. The molecule has 2 N–H and O–H groups in total. The highest BCUT2D eigenvalue weighted by atomic mass is 32.1. The molecule has 2 bridgehead atoms. The van der Waals surface area contributed by atoms with Crippen molar-refractivity contribution >= 4 is 38.9 Å². The summed E-state index contributed by atoms with van der Waals surface area (Å²) >= 11 is 1.63. The first-order valence-corrected chi connectivity index (χ1v) is 14.0. The molecular formula is C31H31N2O4S+. The number of ether oxygens (including phenoxy) is 1. The van der Waals surface area contributed by atoms with Crippen LogP contribution in [0.5, 0.6) is 5.75 Å². The normalized spacial score (nSPS) is 23.2. The third-order valence-electron chi connectivity index (χ3n) is 8.12. The Kier molecular flexibility index (Phi) is 6.64. The topological polar surface area (TPSA) is 75.6 Å². The fourth-order valence-electron chi connectivity index (χ4n) is 6.02. The molecule has 0 spiro atoms. The number of hydrogen-bond acceptors (Lipinski definition) is 6. The van der Waals surface area contributed by atoms with E-state index in [1.807, 2.05) is 47.8 Å². The third-order valence-corrected chi connectivity index (χ3v) is 9.10. The summed E-state index contributed by atoms with van der Waals surface area (Å²) in [4.78, 5) is 26.9. The number of ketones is 1. The quantitative estimate of drug-likeness (QED) is 0.172. The molecule has 7 heteroatoms. The number of anilines is 1. The minimum Gasteiger partial charge on any atom is -0.508 e. The summed E-state index contributed by atoms with van der Waals surface area (Å²) in [5.74, 6) is 0.249. The lowest BCUT2D eigenvalue weighted by Gasteiger charge is -2.51. The molecular weight excluding hydrogens is 496 g/mol. The van der Waals surface area contributed by atoms with E-state index in [9.17, 15) is 14.7 Å². The van der Waals surface area contributed by atoms with Gasteiger partial charge in [-0.3, -0.25) is 4.79 Å². The van der Waals surface area contributed by atoms with E-state index in [4.69, 9.17) is 4.74 Å². The van der Waals surface area contributed by atoms with Gasteiger partial charge in [0.2, 0.25) is 5.78 Å². The van der Waals surface area contributed by atoms with Crippen molar-refractivity contribution in [3.8, 4) is 5.75 Å². The number of carbonyl (C=O) groups excluding carboxylic acids is 2. The minimum atomic E-state index is -0.629. The Morgan fingerprint density at radius 3 is 2.45 bits per heavy atom. The second kappa shape index (κ2) is 10.2. The number of quaternary nitrogens is 1. The summed E-state index contributed by atoms with van der Waals surface area (Å²) in [6.07, 6.45) is 1.67. The average Bonchev–Trinajstić information content (AvgIpc) is 3.37. The van der Waals surface area contributed by atoms with Gasteiger partial charge in [0.15, 0.2) is 12.1 Å². The second-order valence-electron chi connectivity index (χ2n) is 10.5. The summed E-state index contributed by atoms with van der Waals surface area (Å²) in [5, 5.41) is 16.1. The number of rotatable bonds is 8. The molecule has 3 fully saturated rings. The predicted octanol–water partition coefficient (Wildman–Crippen LogP) is 5.80. The molecule has 0 radical (unpaired) electrons. The van der Waals surface area contributed by atoms with Crippen LogP contribution in [0.25, 0.3) is 10.1 Å². The van der Waals surface area contributed by atoms with Crippen molar-refractivity contribution in [2.45, 2.75) is 25.0 Å². The first kappa shape index (κ1) is 24.6. The van der Waals surface area contributed by atoms with Crippen LogP contribution >= 0.6 is 11.3 Å². The van der Waals surface area contributed by atoms with E-state index in [0.717, 1.165) is 47.3 Å². The van der Waals surface area contributed by atoms with Gasteiger partial charge in [0, 0.05) is 40.3 Å². The number of thiophene rings is 1. The molecule has 1 unspecified atom stereocenters. The summed E-state index contributed by atoms with van der Waals surface area (Å²) < 4.78 is 8.08. The number of nitrogens with zero attached hydrogens (tertiary/aromatic N) is 1. The number of hydrogen-bond donors (Lipinski definition) is 2. The fraction of sp³-hybridized carbons (Fsp3) is 0.290. The second-order valence-corrected chi connectivity index (χ2v) is 11.5. The number of piperidine rings is 3. The van der Waals surface area contributed by atoms with E-state index in [0.29, 0.717) is 29.1 Å². The fourth-order valence-corrected chi connectivity index (χ4v) is 7.01. The molecule has 1 aromatic heterocycles. The number of para-hydroxylation sites is 1. The van der Waals surface area contributed by atoms with Crippen LogP contribution in [-0.4, -0.2) is 53.6 Å². The van der Waals surface area contributed by atoms with Crippen LogP contribution in [0.4, 0.5) is 5.69 Å². The van der Waals surface area contributed by atoms with Gasteiger partial charge in [-0.05, 0) is 53.2 Å².